The quantitative estimate of drug-likeness (QED) is 0.746. The van der Waals surface area contributed by atoms with Crippen molar-refractivity contribution in [2.24, 2.45) is 0 Å². The van der Waals surface area contributed by atoms with Gasteiger partial charge in [0.05, 0.1) is 18.2 Å². The zero-order chi connectivity index (χ0) is 17.6. The Morgan fingerprint density at radius 2 is 1.92 bits per heavy atom. The molecule has 1 amide bonds. The van der Waals surface area contributed by atoms with Gasteiger partial charge in [0, 0.05) is 13.0 Å². The van der Waals surface area contributed by atoms with Crippen molar-refractivity contribution < 1.29 is 18.3 Å². The van der Waals surface area contributed by atoms with Gasteiger partial charge in [-0.1, -0.05) is 24.3 Å². The molecule has 0 unspecified atom stereocenters. The van der Waals surface area contributed by atoms with Crippen molar-refractivity contribution in [2.45, 2.75) is 6.42 Å². The summed E-state index contributed by atoms with van der Waals surface area (Å²) < 4.78 is 24.3. The number of hydrogen-bond donors (Lipinski definition) is 1. The third-order valence-corrected chi connectivity index (χ3v) is 3.55. The Morgan fingerprint density at radius 1 is 1.16 bits per heavy atom. The third kappa shape index (κ3) is 3.82. The number of halogens is 1. The highest BCUT2D eigenvalue weighted by molar-refractivity contribution is 5.96. The lowest BCUT2D eigenvalue weighted by atomic mass is 10.2. The van der Waals surface area contributed by atoms with Crippen molar-refractivity contribution in [3.05, 3.63) is 65.8 Å². The van der Waals surface area contributed by atoms with Crippen LogP contribution in [0.25, 0.3) is 11.5 Å². The molecule has 128 valence electrons. The fourth-order valence-electron chi connectivity index (χ4n) is 2.31. The number of nitrogens with zero attached hydrogens (tertiary/aromatic N) is 2. The molecule has 0 bridgehead atoms. The molecule has 6 nitrogen and oxygen atoms in total. The highest BCUT2D eigenvalue weighted by Crippen LogP contribution is 2.21. The fraction of sp³-hybridized carbons (Fsp3) is 0.167. The Kier molecular flexibility index (Phi) is 5.03. The molecule has 0 saturated heterocycles. The lowest BCUT2D eigenvalue weighted by Crippen LogP contribution is -2.26. The third-order valence-electron chi connectivity index (χ3n) is 3.55. The van der Waals surface area contributed by atoms with Crippen LogP contribution in [0, 0.1) is 5.82 Å². The number of rotatable bonds is 6. The van der Waals surface area contributed by atoms with Gasteiger partial charge in [-0.15, -0.1) is 10.2 Å². The number of para-hydroxylation sites is 1. The number of carbonyl (C=O) groups excluding carboxylic acids is 1. The maximum atomic E-state index is 13.7. The van der Waals surface area contributed by atoms with Crippen molar-refractivity contribution in [1.29, 1.82) is 0 Å². The van der Waals surface area contributed by atoms with E-state index < -0.39 is 5.82 Å². The van der Waals surface area contributed by atoms with Crippen molar-refractivity contribution in [3.63, 3.8) is 0 Å². The molecule has 0 atom stereocenters. The summed E-state index contributed by atoms with van der Waals surface area (Å²) in [5.41, 5.74) is 0.696. The summed E-state index contributed by atoms with van der Waals surface area (Å²) in [5.74, 6) is 0.246. The monoisotopic (exact) mass is 341 g/mol. The molecule has 0 saturated carbocycles. The summed E-state index contributed by atoms with van der Waals surface area (Å²) in [7, 11) is 1.51. The van der Waals surface area contributed by atoms with Gasteiger partial charge in [-0.2, -0.15) is 0 Å². The van der Waals surface area contributed by atoms with Gasteiger partial charge in [-0.25, -0.2) is 4.39 Å². The topological polar surface area (TPSA) is 77.2 Å². The van der Waals surface area contributed by atoms with Crippen LogP contribution in [0.3, 0.4) is 0 Å². The number of benzene rings is 2. The molecular formula is C18H16FN3O3. The van der Waals surface area contributed by atoms with Crippen LogP contribution >= 0.6 is 0 Å². The summed E-state index contributed by atoms with van der Waals surface area (Å²) in [6, 6.07) is 13.1. The second kappa shape index (κ2) is 7.57. The molecule has 0 aliphatic carbocycles. The van der Waals surface area contributed by atoms with E-state index in [1.807, 2.05) is 0 Å². The number of ether oxygens (including phenoxy) is 1. The Morgan fingerprint density at radius 3 is 2.72 bits per heavy atom. The van der Waals surface area contributed by atoms with Crippen LogP contribution in [0.5, 0.6) is 5.75 Å². The summed E-state index contributed by atoms with van der Waals surface area (Å²) in [4.78, 5) is 12.2. The van der Waals surface area contributed by atoms with Gasteiger partial charge < -0.3 is 14.5 Å². The van der Waals surface area contributed by atoms with Gasteiger partial charge in [0.15, 0.2) is 0 Å². The van der Waals surface area contributed by atoms with Crippen molar-refractivity contribution >= 4 is 5.91 Å². The van der Waals surface area contributed by atoms with Crippen LogP contribution in [0.4, 0.5) is 4.39 Å². The minimum atomic E-state index is -0.429. The SMILES string of the molecule is COc1ccccc1C(=O)NCCc1nnc(-c2ccccc2F)o1. The minimum Gasteiger partial charge on any atom is -0.496 e. The van der Waals surface area contributed by atoms with Gasteiger partial charge in [-0.05, 0) is 24.3 Å². The number of aromatic nitrogens is 2. The normalized spacial score (nSPS) is 10.5. The average Bonchev–Trinajstić information content (AvgIpc) is 3.10. The summed E-state index contributed by atoms with van der Waals surface area (Å²) in [6.07, 6.45) is 0.336. The van der Waals surface area contributed by atoms with E-state index >= 15 is 0 Å². The predicted molar refractivity (Wildman–Crippen MR) is 88.7 cm³/mol. The largest absolute Gasteiger partial charge is 0.496 e. The molecule has 7 heteroatoms. The number of amides is 1. The Labute approximate surface area is 143 Å². The molecule has 25 heavy (non-hydrogen) atoms. The van der Waals surface area contributed by atoms with Crippen LogP contribution in [0.2, 0.25) is 0 Å². The molecule has 0 fully saturated rings. The second-order valence-electron chi connectivity index (χ2n) is 5.19. The van der Waals surface area contributed by atoms with Crippen LogP contribution in [0.1, 0.15) is 16.2 Å². The first-order valence-electron chi connectivity index (χ1n) is 7.67. The number of nitrogens with one attached hydrogen (secondary N) is 1. The lowest BCUT2D eigenvalue weighted by molar-refractivity contribution is 0.0950. The van der Waals surface area contributed by atoms with Gasteiger partial charge in [-0.3, -0.25) is 4.79 Å². The zero-order valence-electron chi connectivity index (χ0n) is 13.5. The molecule has 1 heterocycles. The van der Waals surface area contributed by atoms with E-state index in [0.717, 1.165) is 0 Å². The van der Waals surface area contributed by atoms with Gasteiger partial charge in [0.25, 0.3) is 11.8 Å². The smallest absolute Gasteiger partial charge is 0.255 e. The minimum absolute atomic E-state index is 0.115. The molecule has 0 aliphatic heterocycles. The van der Waals surface area contributed by atoms with E-state index in [2.05, 4.69) is 15.5 Å². The number of carbonyl (C=O) groups is 1. The first-order valence-corrected chi connectivity index (χ1v) is 7.67. The van der Waals surface area contributed by atoms with E-state index in [-0.39, 0.29) is 17.4 Å². The Bertz CT molecular complexity index is 879. The Hall–Kier alpha value is -3.22. The van der Waals surface area contributed by atoms with E-state index in [0.29, 0.717) is 30.2 Å². The molecule has 0 radical (unpaired) electrons. The molecular weight excluding hydrogens is 325 g/mol. The lowest BCUT2D eigenvalue weighted by Gasteiger charge is -2.08. The Balaban J connectivity index is 1.60. The van der Waals surface area contributed by atoms with Crippen molar-refractivity contribution in [1.82, 2.24) is 15.5 Å². The van der Waals surface area contributed by atoms with E-state index in [1.54, 1.807) is 42.5 Å². The van der Waals surface area contributed by atoms with E-state index in [9.17, 15) is 9.18 Å². The average molecular weight is 341 g/mol. The van der Waals surface area contributed by atoms with Gasteiger partial charge >= 0.3 is 0 Å². The fourth-order valence-corrected chi connectivity index (χ4v) is 2.31. The molecule has 2 aromatic carbocycles. The summed E-state index contributed by atoms with van der Waals surface area (Å²) in [5, 5.41) is 10.5. The van der Waals surface area contributed by atoms with Crippen molar-refractivity contribution in [3.8, 4) is 17.2 Å². The van der Waals surface area contributed by atoms with Gasteiger partial charge in [0.1, 0.15) is 11.6 Å². The molecule has 3 aromatic rings. The van der Waals surface area contributed by atoms with Crippen LogP contribution < -0.4 is 10.1 Å². The van der Waals surface area contributed by atoms with E-state index in [4.69, 9.17) is 9.15 Å². The summed E-state index contributed by atoms with van der Waals surface area (Å²) in [6.45, 7) is 0.301. The zero-order valence-corrected chi connectivity index (χ0v) is 13.5. The molecule has 0 aliphatic rings. The molecule has 0 spiro atoms. The summed E-state index contributed by atoms with van der Waals surface area (Å²) >= 11 is 0. The standard InChI is InChI=1S/C18H16FN3O3/c1-24-15-9-5-3-7-13(15)17(23)20-11-10-16-21-22-18(25-16)12-6-2-4-8-14(12)19/h2-9H,10-11H2,1H3,(H,20,23). The van der Waals surface area contributed by atoms with Gasteiger partial charge in [0.2, 0.25) is 5.89 Å². The molecule has 1 N–H and O–H groups in total. The highest BCUT2D eigenvalue weighted by Gasteiger charge is 2.14. The van der Waals surface area contributed by atoms with E-state index in [1.165, 1.54) is 13.2 Å². The highest BCUT2D eigenvalue weighted by atomic mass is 19.1. The second-order valence-corrected chi connectivity index (χ2v) is 5.19. The maximum absolute atomic E-state index is 13.7. The first-order chi connectivity index (χ1) is 12.2. The number of hydrogen-bond acceptors (Lipinski definition) is 5. The van der Waals surface area contributed by atoms with Crippen LogP contribution in [-0.4, -0.2) is 29.8 Å². The predicted octanol–water partition coefficient (Wildman–Crippen LogP) is 2.86. The molecule has 3 rings (SSSR count). The maximum Gasteiger partial charge on any atom is 0.255 e. The first kappa shape index (κ1) is 16.6. The van der Waals surface area contributed by atoms with Crippen LogP contribution in [0.15, 0.2) is 52.9 Å². The van der Waals surface area contributed by atoms with Crippen LogP contribution in [-0.2, 0) is 6.42 Å². The molecule has 1 aromatic heterocycles. The number of methoxy groups -OCH3 is 1. The van der Waals surface area contributed by atoms with Crippen molar-refractivity contribution in [2.75, 3.05) is 13.7 Å².